The van der Waals surface area contributed by atoms with Gasteiger partial charge in [-0.25, -0.2) is 17.5 Å². The van der Waals surface area contributed by atoms with Crippen LogP contribution in [0.3, 0.4) is 0 Å². The van der Waals surface area contributed by atoms with Gasteiger partial charge in [0.25, 0.3) is 10.0 Å². The monoisotopic (exact) mass is 388 g/mol. The second-order valence-corrected chi connectivity index (χ2v) is 8.34. The van der Waals surface area contributed by atoms with Gasteiger partial charge in [-0.3, -0.25) is 4.79 Å². The topological polar surface area (TPSA) is 104 Å². The average Bonchev–Trinajstić information content (AvgIpc) is 2.91. The molecule has 1 saturated heterocycles. The molecule has 0 radical (unpaired) electrons. The molecule has 0 spiro atoms. The van der Waals surface area contributed by atoms with Gasteiger partial charge in [0, 0.05) is 0 Å². The smallest absolute Gasteiger partial charge is 0.331 e. The maximum Gasteiger partial charge on any atom is 0.331 e. The highest BCUT2D eigenvalue weighted by atomic mass is 32.2. The number of benzene rings is 2. The Hall–Kier alpha value is -2.87. The maximum atomic E-state index is 13.0. The second-order valence-electron chi connectivity index (χ2n) is 6.52. The Balaban J connectivity index is 1.96. The Kier molecular flexibility index (Phi) is 5.18. The van der Waals surface area contributed by atoms with Crippen LogP contribution in [0.25, 0.3) is 0 Å². The zero-order valence-electron chi connectivity index (χ0n) is 14.7. The van der Waals surface area contributed by atoms with Crippen molar-refractivity contribution in [2.45, 2.75) is 36.7 Å². The summed E-state index contributed by atoms with van der Waals surface area (Å²) in [5.74, 6) is -1.17. The third-order valence-corrected chi connectivity index (χ3v) is 6.36. The largest absolute Gasteiger partial charge is 0.481 e. The number of sulfonamides is 1. The number of carbonyl (C=O) groups is 2. The zero-order valence-corrected chi connectivity index (χ0v) is 15.5. The van der Waals surface area contributed by atoms with Crippen molar-refractivity contribution < 1.29 is 23.1 Å². The fourth-order valence-electron chi connectivity index (χ4n) is 3.20. The molecule has 0 unspecified atom stereocenters. The highest BCUT2D eigenvalue weighted by Gasteiger charge is 2.47. The van der Waals surface area contributed by atoms with Gasteiger partial charge in [-0.05, 0) is 31.0 Å². The summed E-state index contributed by atoms with van der Waals surface area (Å²) >= 11 is 0. The molecular formula is C19H20N2O5S. The van der Waals surface area contributed by atoms with Gasteiger partial charge in [0.15, 0.2) is 0 Å². The maximum absolute atomic E-state index is 13.0. The lowest BCUT2D eigenvalue weighted by atomic mass is 9.99. The van der Waals surface area contributed by atoms with Crippen molar-refractivity contribution in [2.24, 2.45) is 0 Å². The number of hydrogen-bond donors (Lipinski definition) is 2. The first kappa shape index (κ1) is 18.9. The number of carboxylic acid groups (broad SMARTS) is 1. The van der Waals surface area contributed by atoms with Crippen LogP contribution in [0.5, 0.6) is 0 Å². The Morgan fingerprint density at radius 2 is 1.74 bits per heavy atom. The molecule has 1 fully saturated rings. The summed E-state index contributed by atoms with van der Waals surface area (Å²) < 4.78 is 26.7. The van der Waals surface area contributed by atoms with Crippen molar-refractivity contribution >= 4 is 22.0 Å². The molecule has 0 saturated carbocycles. The number of hydrogen-bond acceptors (Lipinski definition) is 4. The van der Waals surface area contributed by atoms with Crippen LogP contribution in [0.1, 0.15) is 17.5 Å². The predicted molar refractivity (Wildman–Crippen MR) is 98.7 cm³/mol. The van der Waals surface area contributed by atoms with E-state index in [1.807, 2.05) is 37.3 Å². The van der Waals surface area contributed by atoms with E-state index in [1.54, 1.807) is 12.1 Å². The summed E-state index contributed by atoms with van der Waals surface area (Å²) in [6.07, 6.45) is -0.133. The fraction of sp³-hybridized carbons (Fsp3) is 0.263. The van der Waals surface area contributed by atoms with Crippen LogP contribution >= 0.6 is 0 Å². The lowest BCUT2D eigenvalue weighted by Crippen LogP contribution is -2.43. The van der Waals surface area contributed by atoms with Crippen LogP contribution in [0.2, 0.25) is 0 Å². The fourth-order valence-corrected chi connectivity index (χ4v) is 4.76. The van der Waals surface area contributed by atoms with E-state index in [0.717, 1.165) is 11.1 Å². The molecule has 2 amide bonds. The molecule has 2 atom stereocenters. The molecule has 0 bridgehead atoms. The molecule has 2 aromatic rings. The number of amides is 2. The standard InChI is InChI=1S/C19H20N2O5S/c1-13-7-9-15(10-8-13)27(25,26)21-17(12-18(22)23)16(20-19(21)24)11-14-5-3-2-4-6-14/h2-10,16-17H,11-12H2,1H3,(H,20,24)(H,22,23)/t16-,17-/m0/s1. The third-order valence-electron chi connectivity index (χ3n) is 4.53. The van der Waals surface area contributed by atoms with E-state index in [4.69, 9.17) is 0 Å². The first-order valence-corrected chi connectivity index (χ1v) is 9.90. The number of nitrogens with one attached hydrogen (secondary N) is 1. The highest BCUT2D eigenvalue weighted by Crippen LogP contribution is 2.28. The van der Waals surface area contributed by atoms with Crippen molar-refractivity contribution in [1.29, 1.82) is 0 Å². The molecule has 1 heterocycles. The number of aliphatic carboxylic acids is 1. The van der Waals surface area contributed by atoms with E-state index in [2.05, 4.69) is 5.32 Å². The van der Waals surface area contributed by atoms with Crippen molar-refractivity contribution in [2.75, 3.05) is 0 Å². The quantitative estimate of drug-likeness (QED) is 0.789. The number of urea groups is 1. The van der Waals surface area contributed by atoms with E-state index in [9.17, 15) is 23.1 Å². The van der Waals surface area contributed by atoms with Crippen molar-refractivity contribution in [1.82, 2.24) is 9.62 Å². The molecule has 27 heavy (non-hydrogen) atoms. The van der Waals surface area contributed by atoms with E-state index in [-0.39, 0.29) is 4.90 Å². The number of carboxylic acids is 1. The Labute approximate surface area is 157 Å². The van der Waals surface area contributed by atoms with Gasteiger partial charge in [-0.1, -0.05) is 48.0 Å². The summed E-state index contributed by atoms with van der Waals surface area (Å²) in [7, 11) is -4.17. The first-order valence-electron chi connectivity index (χ1n) is 8.46. The zero-order chi connectivity index (χ0) is 19.6. The molecule has 2 aromatic carbocycles. The van der Waals surface area contributed by atoms with E-state index in [0.29, 0.717) is 10.7 Å². The number of rotatable bonds is 6. The number of nitrogens with zero attached hydrogens (tertiary/aromatic N) is 1. The number of carbonyl (C=O) groups excluding carboxylic acids is 1. The lowest BCUT2D eigenvalue weighted by Gasteiger charge is -2.25. The predicted octanol–water partition coefficient (Wildman–Crippen LogP) is 2.16. The molecule has 3 rings (SSSR count). The van der Waals surface area contributed by atoms with Crippen LogP contribution in [-0.2, 0) is 21.2 Å². The average molecular weight is 388 g/mol. The summed E-state index contributed by atoms with van der Waals surface area (Å²) in [6.45, 7) is 1.82. The first-order chi connectivity index (χ1) is 12.8. The molecule has 2 N–H and O–H groups in total. The Bertz CT molecular complexity index is 942. The van der Waals surface area contributed by atoms with Crippen LogP contribution < -0.4 is 5.32 Å². The minimum atomic E-state index is -4.17. The molecular weight excluding hydrogens is 368 g/mol. The lowest BCUT2D eigenvalue weighted by molar-refractivity contribution is -0.137. The summed E-state index contributed by atoms with van der Waals surface area (Å²) in [5.41, 5.74) is 1.76. The third kappa shape index (κ3) is 3.95. The Morgan fingerprint density at radius 3 is 2.33 bits per heavy atom. The van der Waals surface area contributed by atoms with Gasteiger partial charge >= 0.3 is 12.0 Å². The molecule has 1 aliphatic rings. The van der Waals surface area contributed by atoms with Crippen LogP contribution in [-0.4, -0.2) is 41.9 Å². The van der Waals surface area contributed by atoms with Crippen LogP contribution in [0.15, 0.2) is 59.5 Å². The molecule has 8 heteroatoms. The van der Waals surface area contributed by atoms with E-state index < -0.39 is 40.5 Å². The van der Waals surface area contributed by atoms with Gasteiger partial charge in [-0.15, -0.1) is 0 Å². The summed E-state index contributed by atoms with van der Waals surface area (Å²) in [4.78, 5) is 23.8. The normalized spacial score (nSPS) is 19.7. The van der Waals surface area contributed by atoms with Crippen molar-refractivity contribution in [3.05, 3.63) is 65.7 Å². The minimum absolute atomic E-state index is 0.0426. The minimum Gasteiger partial charge on any atom is -0.481 e. The van der Waals surface area contributed by atoms with Gasteiger partial charge in [0.05, 0.1) is 23.4 Å². The molecule has 1 aliphatic heterocycles. The van der Waals surface area contributed by atoms with E-state index in [1.165, 1.54) is 12.1 Å². The SMILES string of the molecule is Cc1ccc(S(=O)(=O)N2C(=O)N[C@@H](Cc3ccccc3)[C@@H]2CC(=O)O)cc1. The number of aryl methyl sites for hydroxylation is 1. The summed E-state index contributed by atoms with van der Waals surface area (Å²) in [5, 5.41) is 11.9. The van der Waals surface area contributed by atoms with Gasteiger partial charge < -0.3 is 10.4 Å². The van der Waals surface area contributed by atoms with Gasteiger partial charge in [0.2, 0.25) is 0 Å². The van der Waals surface area contributed by atoms with E-state index >= 15 is 0 Å². The molecule has 7 nitrogen and oxygen atoms in total. The molecule has 0 aliphatic carbocycles. The highest BCUT2D eigenvalue weighted by molar-refractivity contribution is 7.89. The molecule has 142 valence electrons. The molecule has 0 aromatic heterocycles. The van der Waals surface area contributed by atoms with Crippen molar-refractivity contribution in [3.8, 4) is 0 Å². The van der Waals surface area contributed by atoms with Gasteiger partial charge in [0.1, 0.15) is 0 Å². The van der Waals surface area contributed by atoms with Gasteiger partial charge in [-0.2, -0.15) is 0 Å². The summed E-state index contributed by atoms with van der Waals surface area (Å²) in [6, 6.07) is 12.9. The van der Waals surface area contributed by atoms with Crippen LogP contribution in [0, 0.1) is 6.92 Å². The second kappa shape index (κ2) is 7.40. The van der Waals surface area contributed by atoms with Crippen LogP contribution in [0.4, 0.5) is 4.79 Å². The Morgan fingerprint density at radius 1 is 1.11 bits per heavy atom. The van der Waals surface area contributed by atoms with Crippen molar-refractivity contribution in [3.63, 3.8) is 0 Å².